The van der Waals surface area contributed by atoms with Crippen molar-refractivity contribution in [3.05, 3.63) is 17.5 Å². The second kappa shape index (κ2) is 4.09. The minimum absolute atomic E-state index is 0.0671. The molecule has 3 rings (SSSR count). The van der Waals surface area contributed by atoms with Crippen molar-refractivity contribution in [2.45, 2.75) is 50.8 Å². The number of aliphatic hydroxyl groups excluding tert-OH is 1. The average Bonchev–Trinajstić information content (AvgIpc) is 2.76. The number of hydrogen-bond donors (Lipinski definition) is 1. The summed E-state index contributed by atoms with van der Waals surface area (Å²) in [6.07, 6.45) is 3.24. The van der Waals surface area contributed by atoms with Crippen molar-refractivity contribution in [3.63, 3.8) is 0 Å². The monoisotopic (exact) mass is 249 g/mol. The van der Waals surface area contributed by atoms with E-state index in [2.05, 4.69) is 5.10 Å². The SMILES string of the molecule is Cc1cc(C(=O)N2C3CCC2CC(O)C3)n(C)n1. The summed E-state index contributed by atoms with van der Waals surface area (Å²) in [6, 6.07) is 2.26. The van der Waals surface area contributed by atoms with Gasteiger partial charge in [0.05, 0.1) is 11.8 Å². The minimum Gasteiger partial charge on any atom is -0.393 e. The lowest BCUT2D eigenvalue weighted by atomic mass is 9.99. The third-order valence-corrected chi connectivity index (χ3v) is 4.16. The Morgan fingerprint density at radius 2 is 2.00 bits per heavy atom. The summed E-state index contributed by atoms with van der Waals surface area (Å²) >= 11 is 0. The number of aliphatic hydroxyl groups is 1. The Morgan fingerprint density at radius 3 is 2.50 bits per heavy atom. The third kappa shape index (κ3) is 1.73. The van der Waals surface area contributed by atoms with E-state index in [1.165, 1.54) is 0 Å². The molecule has 0 saturated carbocycles. The van der Waals surface area contributed by atoms with E-state index >= 15 is 0 Å². The largest absolute Gasteiger partial charge is 0.393 e. The van der Waals surface area contributed by atoms with E-state index in [1.807, 2.05) is 17.9 Å². The van der Waals surface area contributed by atoms with Crippen LogP contribution in [-0.2, 0) is 7.05 Å². The van der Waals surface area contributed by atoms with Crippen molar-refractivity contribution < 1.29 is 9.90 Å². The topological polar surface area (TPSA) is 58.4 Å². The van der Waals surface area contributed by atoms with Gasteiger partial charge in [0.25, 0.3) is 5.91 Å². The van der Waals surface area contributed by atoms with Crippen LogP contribution in [0.1, 0.15) is 41.9 Å². The van der Waals surface area contributed by atoms with Gasteiger partial charge in [-0.3, -0.25) is 9.48 Å². The van der Waals surface area contributed by atoms with Crippen LogP contribution in [0.2, 0.25) is 0 Å². The molecule has 3 heterocycles. The highest BCUT2D eigenvalue weighted by atomic mass is 16.3. The molecule has 2 saturated heterocycles. The van der Waals surface area contributed by atoms with E-state index in [0.29, 0.717) is 5.69 Å². The Kier molecular flexibility index (Phi) is 2.66. The summed E-state index contributed by atoms with van der Waals surface area (Å²) in [6.45, 7) is 1.89. The number of rotatable bonds is 1. The first-order valence-corrected chi connectivity index (χ1v) is 6.57. The van der Waals surface area contributed by atoms with Crippen LogP contribution in [0.5, 0.6) is 0 Å². The maximum Gasteiger partial charge on any atom is 0.272 e. The van der Waals surface area contributed by atoms with Crippen LogP contribution in [0, 0.1) is 6.92 Å². The predicted octanol–water partition coefficient (Wildman–Crippen LogP) is 0.856. The molecule has 0 aliphatic carbocycles. The van der Waals surface area contributed by atoms with Crippen molar-refractivity contribution in [1.82, 2.24) is 14.7 Å². The zero-order valence-corrected chi connectivity index (χ0v) is 10.8. The normalized spacial score (nSPS) is 30.8. The molecular formula is C13H19N3O2. The fourth-order valence-corrected chi connectivity index (χ4v) is 3.42. The Labute approximate surface area is 106 Å². The fourth-order valence-electron chi connectivity index (χ4n) is 3.42. The van der Waals surface area contributed by atoms with Gasteiger partial charge in [-0.1, -0.05) is 0 Å². The van der Waals surface area contributed by atoms with Gasteiger partial charge < -0.3 is 10.0 Å². The summed E-state index contributed by atoms with van der Waals surface area (Å²) in [5.41, 5.74) is 1.52. The molecule has 0 spiro atoms. The molecule has 1 amide bonds. The van der Waals surface area contributed by atoms with Gasteiger partial charge in [-0.25, -0.2) is 0 Å². The van der Waals surface area contributed by atoms with Crippen LogP contribution in [0.25, 0.3) is 0 Å². The minimum atomic E-state index is -0.236. The van der Waals surface area contributed by atoms with Crippen LogP contribution in [0.4, 0.5) is 0 Å². The van der Waals surface area contributed by atoms with Crippen LogP contribution >= 0.6 is 0 Å². The highest BCUT2D eigenvalue weighted by Gasteiger charge is 2.43. The maximum absolute atomic E-state index is 12.6. The van der Waals surface area contributed by atoms with Gasteiger partial charge in [-0.2, -0.15) is 5.10 Å². The molecule has 5 nitrogen and oxygen atoms in total. The quantitative estimate of drug-likeness (QED) is 0.803. The Morgan fingerprint density at radius 1 is 1.39 bits per heavy atom. The van der Waals surface area contributed by atoms with Gasteiger partial charge in [0.2, 0.25) is 0 Å². The van der Waals surface area contributed by atoms with E-state index in [4.69, 9.17) is 0 Å². The Bertz CT molecular complexity index is 469. The van der Waals surface area contributed by atoms with Gasteiger partial charge in [0.15, 0.2) is 0 Å². The maximum atomic E-state index is 12.6. The van der Waals surface area contributed by atoms with Gasteiger partial charge >= 0.3 is 0 Å². The molecule has 2 aliphatic heterocycles. The average molecular weight is 249 g/mol. The number of nitrogens with zero attached hydrogens (tertiary/aromatic N) is 3. The number of hydrogen-bond acceptors (Lipinski definition) is 3. The molecular weight excluding hydrogens is 230 g/mol. The first kappa shape index (κ1) is 11.7. The molecule has 0 radical (unpaired) electrons. The van der Waals surface area contributed by atoms with Crippen LogP contribution in [0.3, 0.4) is 0 Å². The number of aromatic nitrogens is 2. The zero-order chi connectivity index (χ0) is 12.9. The van der Waals surface area contributed by atoms with Gasteiger partial charge in [-0.05, 0) is 38.7 Å². The summed E-state index contributed by atoms with van der Waals surface area (Å²) < 4.78 is 1.65. The smallest absolute Gasteiger partial charge is 0.272 e. The third-order valence-electron chi connectivity index (χ3n) is 4.16. The van der Waals surface area contributed by atoms with Gasteiger partial charge in [0, 0.05) is 19.1 Å². The van der Waals surface area contributed by atoms with E-state index in [1.54, 1.807) is 11.7 Å². The van der Waals surface area contributed by atoms with E-state index in [9.17, 15) is 9.90 Å². The lowest BCUT2D eigenvalue weighted by Gasteiger charge is -2.37. The first-order chi connectivity index (χ1) is 8.56. The molecule has 2 aliphatic rings. The highest BCUT2D eigenvalue weighted by Crippen LogP contribution is 2.36. The van der Waals surface area contributed by atoms with Crippen molar-refractivity contribution in [3.8, 4) is 0 Å². The van der Waals surface area contributed by atoms with E-state index < -0.39 is 0 Å². The van der Waals surface area contributed by atoms with Crippen LogP contribution in [-0.4, -0.2) is 43.9 Å². The molecule has 0 aromatic carbocycles. The Hall–Kier alpha value is -1.36. The molecule has 2 fully saturated rings. The lowest BCUT2D eigenvalue weighted by molar-refractivity contribution is 0.0279. The highest BCUT2D eigenvalue weighted by molar-refractivity contribution is 5.93. The summed E-state index contributed by atoms with van der Waals surface area (Å²) in [5, 5.41) is 14.0. The molecule has 1 aromatic rings. The van der Waals surface area contributed by atoms with Crippen LogP contribution in [0.15, 0.2) is 6.07 Å². The van der Waals surface area contributed by atoms with E-state index in [-0.39, 0.29) is 24.1 Å². The molecule has 98 valence electrons. The number of carbonyl (C=O) groups excluding carboxylic acids is 1. The Balaban J connectivity index is 1.88. The zero-order valence-electron chi connectivity index (χ0n) is 10.8. The van der Waals surface area contributed by atoms with Gasteiger partial charge in [-0.15, -0.1) is 0 Å². The molecule has 18 heavy (non-hydrogen) atoms. The molecule has 5 heteroatoms. The molecule has 2 unspecified atom stereocenters. The molecule has 1 N–H and O–H groups in total. The molecule has 2 bridgehead atoms. The van der Waals surface area contributed by atoms with Crippen molar-refractivity contribution in [1.29, 1.82) is 0 Å². The number of fused-ring (bicyclic) bond motifs is 2. The standard InChI is InChI=1S/C13H19N3O2/c1-8-5-12(15(2)14-8)13(18)16-9-3-4-10(16)7-11(17)6-9/h5,9-11,17H,3-4,6-7H2,1-2H3. The lowest BCUT2D eigenvalue weighted by Crippen LogP contribution is -2.48. The van der Waals surface area contributed by atoms with Crippen molar-refractivity contribution >= 4 is 5.91 Å². The van der Waals surface area contributed by atoms with Gasteiger partial charge in [0.1, 0.15) is 5.69 Å². The van der Waals surface area contributed by atoms with Crippen molar-refractivity contribution in [2.75, 3.05) is 0 Å². The summed E-state index contributed by atoms with van der Waals surface area (Å²) in [4.78, 5) is 14.6. The second-order valence-corrected chi connectivity index (χ2v) is 5.52. The number of carbonyl (C=O) groups is 1. The number of piperidine rings is 1. The summed E-state index contributed by atoms with van der Waals surface area (Å²) in [7, 11) is 1.81. The number of amides is 1. The number of aryl methyl sites for hydroxylation is 2. The fraction of sp³-hybridized carbons (Fsp3) is 0.692. The molecule has 2 atom stereocenters. The first-order valence-electron chi connectivity index (χ1n) is 6.57. The molecule has 1 aromatic heterocycles. The predicted molar refractivity (Wildman–Crippen MR) is 66.2 cm³/mol. The second-order valence-electron chi connectivity index (χ2n) is 5.52. The van der Waals surface area contributed by atoms with E-state index in [0.717, 1.165) is 31.4 Å². The summed E-state index contributed by atoms with van der Waals surface area (Å²) in [5.74, 6) is 0.0671. The van der Waals surface area contributed by atoms with Crippen LogP contribution < -0.4 is 0 Å². The van der Waals surface area contributed by atoms with Crippen molar-refractivity contribution in [2.24, 2.45) is 7.05 Å².